The van der Waals surface area contributed by atoms with E-state index in [9.17, 15) is 0 Å². The highest BCUT2D eigenvalue weighted by atomic mass is 16.5. The molecule has 0 aliphatic carbocycles. The van der Waals surface area contributed by atoms with E-state index in [1.54, 1.807) is 0 Å². The third kappa shape index (κ3) is 6.19. The van der Waals surface area contributed by atoms with Crippen LogP contribution in [-0.4, -0.2) is 12.8 Å². The van der Waals surface area contributed by atoms with Crippen molar-refractivity contribution in [3.63, 3.8) is 0 Å². The summed E-state index contributed by atoms with van der Waals surface area (Å²) in [6.07, 6.45) is 6.82. The maximum atomic E-state index is 5.76. The maximum absolute atomic E-state index is 5.76. The largest absolute Gasteiger partial charge is 0.494 e. The average molecular weight is 323 g/mol. The van der Waals surface area contributed by atoms with Gasteiger partial charge in [-0.05, 0) is 59.9 Å². The molecule has 0 atom stereocenters. The summed E-state index contributed by atoms with van der Waals surface area (Å²) in [6.45, 7) is 7.42. The van der Waals surface area contributed by atoms with Gasteiger partial charge in [-0.25, -0.2) is 0 Å². The molecule has 0 bridgehead atoms. The Kier molecular flexibility index (Phi) is 7.54. The van der Waals surface area contributed by atoms with Crippen molar-refractivity contribution >= 4 is 11.9 Å². The zero-order valence-electron chi connectivity index (χ0n) is 15.2. The van der Waals surface area contributed by atoms with Crippen molar-refractivity contribution in [2.45, 2.75) is 52.4 Å². The molecule has 2 heteroatoms. The summed E-state index contributed by atoms with van der Waals surface area (Å²) in [5, 5.41) is 0. The van der Waals surface area contributed by atoms with Crippen LogP contribution in [0.5, 0.6) is 5.75 Å². The molecule has 0 aromatic heterocycles. The number of ether oxygens (including phenoxy) is 1. The number of aliphatic imine (C=N–C) groups is 1. The normalized spacial score (nSPS) is 11.3. The topological polar surface area (TPSA) is 21.6 Å². The monoisotopic (exact) mass is 323 g/mol. The van der Waals surface area contributed by atoms with Crippen LogP contribution in [0.3, 0.4) is 0 Å². The predicted octanol–water partition coefficient (Wildman–Crippen LogP) is 6.52. The molecular formula is C22H29NO. The van der Waals surface area contributed by atoms with E-state index >= 15 is 0 Å². The molecule has 2 nitrogen and oxygen atoms in total. The van der Waals surface area contributed by atoms with Crippen molar-refractivity contribution in [3.05, 3.63) is 59.7 Å². The first kappa shape index (κ1) is 18.3. The number of hydrogen-bond donors (Lipinski definition) is 0. The molecule has 2 aromatic rings. The van der Waals surface area contributed by atoms with E-state index in [1.807, 2.05) is 30.5 Å². The molecule has 0 saturated heterocycles. The lowest BCUT2D eigenvalue weighted by Gasteiger charge is -2.06. The lowest BCUT2D eigenvalue weighted by Crippen LogP contribution is -1.97. The van der Waals surface area contributed by atoms with Gasteiger partial charge in [0.15, 0.2) is 0 Å². The van der Waals surface area contributed by atoms with E-state index in [0.717, 1.165) is 30.0 Å². The quantitative estimate of drug-likeness (QED) is 0.380. The molecule has 0 saturated carbocycles. The molecule has 0 N–H and O–H groups in total. The number of unbranched alkanes of at least 4 members (excludes halogenated alkanes) is 3. The van der Waals surface area contributed by atoms with Crippen LogP contribution in [0.15, 0.2) is 53.5 Å². The fourth-order valence-electron chi connectivity index (χ4n) is 2.46. The van der Waals surface area contributed by atoms with Gasteiger partial charge in [-0.3, -0.25) is 4.99 Å². The van der Waals surface area contributed by atoms with E-state index in [2.05, 4.69) is 50.0 Å². The van der Waals surface area contributed by atoms with Gasteiger partial charge in [-0.15, -0.1) is 0 Å². The minimum absolute atomic E-state index is 0.553. The molecule has 2 rings (SSSR count). The third-order valence-electron chi connectivity index (χ3n) is 4.07. The van der Waals surface area contributed by atoms with Crippen molar-refractivity contribution in [3.8, 4) is 5.75 Å². The molecule has 2 aromatic carbocycles. The van der Waals surface area contributed by atoms with Gasteiger partial charge in [0, 0.05) is 6.21 Å². The number of benzene rings is 2. The molecule has 0 unspecified atom stereocenters. The molecule has 0 fully saturated rings. The zero-order valence-corrected chi connectivity index (χ0v) is 15.2. The molecule has 0 aliphatic rings. The SMILES string of the molecule is CCCCCCOc1ccc(C=Nc2ccc(C(C)C)cc2)cc1. The van der Waals surface area contributed by atoms with Crippen LogP contribution in [0.4, 0.5) is 5.69 Å². The molecule has 128 valence electrons. The molecule has 24 heavy (non-hydrogen) atoms. The second-order valence-electron chi connectivity index (χ2n) is 6.48. The van der Waals surface area contributed by atoms with Crippen molar-refractivity contribution in [2.24, 2.45) is 4.99 Å². The van der Waals surface area contributed by atoms with Crippen molar-refractivity contribution < 1.29 is 4.74 Å². The van der Waals surface area contributed by atoms with Crippen LogP contribution in [0.2, 0.25) is 0 Å². The molecule has 0 heterocycles. The van der Waals surface area contributed by atoms with Crippen LogP contribution >= 0.6 is 0 Å². The summed E-state index contributed by atoms with van der Waals surface area (Å²) in [6, 6.07) is 16.6. The molecule has 0 radical (unpaired) electrons. The fraction of sp³-hybridized carbons (Fsp3) is 0.409. The summed E-state index contributed by atoms with van der Waals surface area (Å²) in [5.41, 5.74) is 3.41. The van der Waals surface area contributed by atoms with Gasteiger partial charge >= 0.3 is 0 Å². The molecule has 0 amide bonds. The second kappa shape index (κ2) is 9.92. The maximum Gasteiger partial charge on any atom is 0.119 e. The van der Waals surface area contributed by atoms with Gasteiger partial charge in [0.1, 0.15) is 5.75 Å². The van der Waals surface area contributed by atoms with E-state index < -0.39 is 0 Å². The van der Waals surface area contributed by atoms with Crippen LogP contribution in [-0.2, 0) is 0 Å². The van der Waals surface area contributed by atoms with Gasteiger partial charge in [-0.2, -0.15) is 0 Å². The minimum Gasteiger partial charge on any atom is -0.494 e. The van der Waals surface area contributed by atoms with Gasteiger partial charge in [0.25, 0.3) is 0 Å². The van der Waals surface area contributed by atoms with E-state index in [4.69, 9.17) is 4.74 Å². The fourth-order valence-corrected chi connectivity index (χ4v) is 2.46. The van der Waals surface area contributed by atoms with Crippen LogP contribution in [0.25, 0.3) is 0 Å². The first-order valence-corrected chi connectivity index (χ1v) is 9.06. The first-order valence-electron chi connectivity index (χ1n) is 9.06. The van der Waals surface area contributed by atoms with Crippen LogP contribution in [0, 0.1) is 0 Å². The molecule has 0 aliphatic heterocycles. The summed E-state index contributed by atoms with van der Waals surface area (Å²) in [4.78, 5) is 4.54. The van der Waals surface area contributed by atoms with Gasteiger partial charge in [0.2, 0.25) is 0 Å². The van der Waals surface area contributed by atoms with Crippen LogP contribution in [0.1, 0.15) is 63.5 Å². The molecular weight excluding hydrogens is 294 g/mol. The van der Waals surface area contributed by atoms with Gasteiger partial charge < -0.3 is 4.74 Å². The van der Waals surface area contributed by atoms with E-state index in [-0.39, 0.29) is 0 Å². The van der Waals surface area contributed by atoms with Crippen molar-refractivity contribution in [2.75, 3.05) is 6.61 Å². The minimum atomic E-state index is 0.553. The van der Waals surface area contributed by atoms with Gasteiger partial charge in [0.05, 0.1) is 12.3 Å². The zero-order chi connectivity index (χ0) is 17.2. The summed E-state index contributed by atoms with van der Waals surface area (Å²) in [7, 11) is 0. The lowest BCUT2D eigenvalue weighted by molar-refractivity contribution is 0.305. The Bertz CT molecular complexity index is 611. The average Bonchev–Trinajstić information content (AvgIpc) is 2.61. The number of rotatable bonds is 9. The highest BCUT2D eigenvalue weighted by Crippen LogP contribution is 2.19. The van der Waals surface area contributed by atoms with E-state index in [1.165, 1.54) is 24.8 Å². The third-order valence-corrected chi connectivity index (χ3v) is 4.07. The Morgan fingerprint density at radius 3 is 2.25 bits per heavy atom. The summed E-state index contributed by atoms with van der Waals surface area (Å²) < 4.78 is 5.76. The predicted molar refractivity (Wildman–Crippen MR) is 104 cm³/mol. The van der Waals surface area contributed by atoms with E-state index in [0.29, 0.717) is 5.92 Å². The number of hydrogen-bond acceptors (Lipinski definition) is 2. The number of nitrogens with zero attached hydrogens (tertiary/aromatic N) is 1. The Balaban J connectivity index is 1.84. The standard InChI is InChI=1S/C22H29NO/c1-4-5-6-7-16-24-22-14-8-19(9-15-22)17-23-21-12-10-20(11-13-21)18(2)3/h8-15,17-18H,4-7,16H2,1-3H3. The Morgan fingerprint density at radius 2 is 1.62 bits per heavy atom. The Hall–Kier alpha value is -2.09. The lowest BCUT2D eigenvalue weighted by atomic mass is 10.0. The van der Waals surface area contributed by atoms with Crippen molar-refractivity contribution in [1.82, 2.24) is 0 Å². The van der Waals surface area contributed by atoms with Crippen LogP contribution < -0.4 is 4.74 Å². The second-order valence-corrected chi connectivity index (χ2v) is 6.48. The summed E-state index contributed by atoms with van der Waals surface area (Å²) in [5.74, 6) is 1.49. The first-order chi connectivity index (χ1) is 11.7. The Labute approximate surface area is 146 Å². The Morgan fingerprint density at radius 1 is 0.917 bits per heavy atom. The molecule has 0 spiro atoms. The van der Waals surface area contributed by atoms with Gasteiger partial charge in [-0.1, -0.05) is 52.2 Å². The summed E-state index contributed by atoms with van der Waals surface area (Å²) >= 11 is 0. The highest BCUT2D eigenvalue weighted by Gasteiger charge is 1.98. The van der Waals surface area contributed by atoms with Crippen molar-refractivity contribution in [1.29, 1.82) is 0 Å². The smallest absolute Gasteiger partial charge is 0.119 e. The highest BCUT2D eigenvalue weighted by molar-refractivity contribution is 5.82.